The molecule has 0 radical (unpaired) electrons. The van der Waals surface area contributed by atoms with Crippen molar-refractivity contribution in [2.75, 3.05) is 68.1 Å². The lowest BCUT2D eigenvalue weighted by Crippen LogP contribution is -2.31. The molecule has 6 heterocycles. The smallest absolute Gasteiger partial charge is 0.259 e. The first-order chi connectivity index (χ1) is 26.7. The molecule has 2 fully saturated rings. The summed E-state index contributed by atoms with van der Waals surface area (Å²) in [5.41, 5.74) is 16.1. The van der Waals surface area contributed by atoms with Crippen LogP contribution in [0, 0.1) is 17.8 Å². The Hall–Kier alpha value is -6.26. The Morgan fingerprint density at radius 1 is 0.727 bits per heavy atom. The van der Waals surface area contributed by atoms with Crippen LogP contribution in [0.2, 0.25) is 0 Å². The van der Waals surface area contributed by atoms with Crippen molar-refractivity contribution in [3.8, 4) is 0 Å². The molecule has 2 aromatic carbocycles. The number of carbonyl (C=O) groups excluding carboxylic acids is 2. The molecular formula is C39H46N12O4. The van der Waals surface area contributed by atoms with Gasteiger partial charge in [0.15, 0.2) is 11.6 Å². The predicted molar refractivity (Wildman–Crippen MR) is 211 cm³/mol. The molecule has 10 N–H and O–H groups in total. The van der Waals surface area contributed by atoms with Gasteiger partial charge in [-0.25, -0.2) is 19.9 Å². The lowest BCUT2D eigenvalue weighted by Gasteiger charge is -2.18. The quantitative estimate of drug-likeness (QED) is 0.140. The van der Waals surface area contributed by atoms with Gasteiger partial charge in [0.05, 0.1) is 17.3 Å². The number of benzene rings is 2. The number of anilines is 6. The van der Waals surface area contributed by atoms with E-state index in [0.717, 1.165) is 28.9 Å². The monoisotopic (exact) mass is 746 g/mol. The van der Waals surface area contributed by atoms with Gasteiger partial charge in [-0.1, -0.05) is 24.3 Å². The number of aliphatic hydroxyl groups is 2. The molecular weight excluding hydrogens is 701 g/mol. The normalized spacial score (nSPS) is 23.1. The van der Waals surface area contributed by atoms with Gasteiger partial charge in [-0.05, 0) is 54.2 Å². The van der Waals surface area contributed by atoms with E-state index in [1.807, 2.05) is 36.4 Å². The molecule has 4 aromatic rings. The van der Waals surface area contributed by atoms with Crippen molar-refractivity contribution in [2.45, 2.75) is 18.9 Å². The van der Waals surface area contributed by atoms with E-state index < -0.39 is 6.10 Å². The van der Waals surface area contributed by atoms with Crippen LogP contribution in [0.5, 0.6) is 0 Å². The summed E-state index contributed by atoms with van der Waals surface area (Å²) in [7, 11) is 3.51. The first-order valence-corrected chi connectivity index (χ1v) is 18.3. The van der Waals surface area contributed by atoms with Crippen LogP contribution < -0.4 is 32.7 Å². The SMILES string of the molecule is CNc1cc2nc(n1)/C(=C\N)C(=O)N1CC(CO)C(Cc3cccc(c3)N2)C1.CNc1cc2nc(n1)/C(=C\N)C(=O)N1CC(O)C(Cc3cccc(c3)N2)C1. The number of rotatable bonds is 3. The summed E-state index contributed by atoms with van der Waals surface area (Å²) >= 11 is 0. The van der Waals surface area contributed by atoms with Gasteiger partial charge < -0.3 is 52.7 Å². The maximum absolute atomic E-state index is 13.2. The number of nitrogens with two attached hydrogens (primary N) is 2. The maximum Gasteiger partial charge on any atom is 0.259 e. The Balaban J connectivity index is 0.000000169. The first-order valence-electron chi connectivity index (χ1n) is 18.3. The highest BCUT2D eigenvalue weighted by Gasteiger charge is 2.38. The summed E-state index contributed by atoms with van der Waals surface area (Å²) in [4.78, 5) is 47.4. The molecule has 0 spiro atoms. The average Bonchev–Trinajstić information content (AvgIpc) is 3.77. The highest BCUT2D eigenvalue weighted by Crippen LogP contribution is 2.32. The fourth-order valence-electron chi connectivity index (χ4n) is 7.56. The molecule has 2 aromatic heterocycles. The van der Waals surface area contributed by atoms with E-state index in [0.29, 0.717) is 49.3 Å². The van der Waals surface area contributed by atoms with Gasteiger partial charge in [0, 0.05) is 94.6 Å². The zero-order valence-corrected chi connectivity index (χ0v) is 30.7. The topological polar surface area (TPSA) is 233 Å². The minimum atomic E-state index is -0.576. The summed E-state index contributed by atoms with van der Waals surface area (Å²) in [6, 6.07) is 19.6. The number of nitrogens with zero attached hydrogens (tertiary/aromatic N) is 6. The standard InChI is InChI=1S/C20H24N6O2.C19H22N6O2/c1-22-17-7-18-23-15-4-2-3-12(6-15)5-13-9-26(10-14(13)11-27)20(28)16(8-21)19(24-17)25-18;1-21-16-7-17-22-13-4-2-3-11(6-13)5-12-9-25(10-15(12)26)19(27)14(8-20)18(23-16)24-17/h2-4,6-8,13-14,27H,5,9-11,21H2,1H3,(H2,22,23,24,25);2-4,6-8,12,15,26H,5,9-10,20H2,1H3,(H2,21,22,23,24)/b16-8+;14-8+. The van der Waals surface area contributed by atoms with Crippen LogP contribution >= 0.6 is 0 Å². The number of aliphatic hydroxyl groups excluding tert-OH is 2. The Morgan fingerprint density at radius 2 is 1.22 bits per heavy atom. The summed E-state index contributed by atoms with van der Waals surface area (Å²) in [5.74, 6) is 2.49. The third-order valence-corrected chi connectivity index (χ3v) is 10.4. The zero-order valence-electron chi connectivity index (χ0n) is 30.7. The van der Waals surface area contributed by atoms with Crippen molar-refractivity contribution in [1.29, 1.82) is 0 Å². The highest BCUT2D eigenvalue weighted by atomic mass is 16.3. The van der Waals surface area contributed by atoms with Crippen LogP contribution in [0.1, 0.15) is 22.8 Å². The fraction of sp³-hybridized carbons (Fsp3) is 0.333. The lowest BCUT2D eigenvalue weighted by molar-refractivity contribution is -0.125. The molecule has 4 unspecified atom stereocenters. The number of amides is 2. The Bertz CT molecular complexity index is 2140. The Kier molecular flexibility index (Phi) is 10.8. The minimum absolute atomic E-state index is 0.0270. The van der Waals surface area contributed by atoms with Crippen molar-refractivity contribution in [1.82, 2.24) is 29.7 Å². The lowest BCUT2D eigenvalue weighted by atomic mass is 9.90. The fourth-order valence-corrected chi connectivity index (χ4v) is 7.56. The second-order valence-corrected chi connectivity index (χ2v) is 14.1. The second-order valence-electron chi connectivity index (χ2n) is 14.1. The van der Waals surface area contributed by atoms with Gasteiger partial charge in [0.1, 0.15) is 23.3 Å². The highest BCUT2D eigenvalue weighted by molar-refractivity contribution is 6.19. The summed E-state index contributed by atoms with van der Waals surface area (Å²) < 4.78 is 0. The molecule has 16 heteroatoms. The predicted octanol–water partition coefficient (Wildman–Crippen LogP) is 2.12. The van der Waals surface area contributed by atoms with E-state index in [1.165, 1.54) is 12.4 Å². The van der Waals surface area contributed by atoms with E-state index in [4.69, 9.17) is 11.5 Å². The van der Waals surface area contributed by atoms with E-state index in [1.54, 1.807) is 36.0 Å². The molecule has 12 bridgehead atoms. The van der Waals surface area contributed by atoms with Crippen LogP contribution in [0.25, 0.3) is 11.1 Å². The van der Waals surface area contributed by atoms with Crippen LogP contribution in [0.15, 0.2) is 73.1 Å². The third-order valence-electron chi connectivity index (χ3n) is 10.4. The molecule has 55 heavy (non-hydrogen) atoms. The number of nitrogens with one attached hydrogen (secondary N) is 4. The molecule has 2 amide bonds. The molecule has 286 valence electrons. The zero-order chi connectivity index (χ0) is 38.6. The number of hydrogen-bond acceptors (Lipinski definition) is 14. The van der Waals surface area contributed by atoms with Crippen LogP contribution in [-0.2, 0) is 22.4 Å². The maximum atomic E-state index is 13.2. The molecule has 4 aliphatic heterocycles. The average molecular weight is 747 g/mol. The van der Waals surface area contributed by atoms with Gasteiger partial charge in [0.2, 0.25) is 0 Å². The van der Waals surface area contributed by atoms with Crippen LogP contribution in [0.3, 0.4) is 0 Å². The largest absolute Gasteiger partial charge is 0.404 e. The molecule has 16 nitrogen and oxygen atoms in total. The summed E-state index contributed by atoms with van der Waals surface area (Å²) in [6.07, 6.45) is 3.40. The van der Waals surface area contributed by atoms with Gasteiger partial charge in [0.25, 0.3) is 11.8 Å². The van der Waals surface area contributed by atoms with Crippen molar-refractivity contribution < 1.29 is 19.8 Å². The van der Waals surface area contributed by atoms with Gasteiger partial charge in [-0.2, -0.15) is 0 Å². The molecule has 8 rings (SSSR count). The number of aromatic nitrogens is 4. The van der Waals surface area contributed by atoms with Crippen molar-refractivity contribution in [2.24, 2.45) is 29.2 Å². The molecule has 0 aliphatic carbocycles. The molecule has 2 saturated heterocycles. The van der Waals surface area contributed by atoms with E-state index >= 15 is 0 Å². The number of hydrogen-bond donors (Lipinski definition) is 8. The number of carbonyl (C=O) groups is 2. The van der Waals surface area contributed by atoms with Crippen molar-refractivity contribution in [3.63, 3.8) is 0 Å². The van der Waals surface area contributed by atoms with E-state index in [2.05, 4.69) is 53.3 Å². The summed E-state index contributed by atoms with van der Waals surface area (Å²) in [6.45, 7) is 1.85. The van der Waals surface area contributed by atoms with Crippen LogP contribution in [-0.4, -0.2) is 105 Å². The van der Waals surface area contributed by atoms with Gasteiger partial charge in [-0.15, -0.1) is 0 Å². The van der Waals surface area contributed by atoms with E-state index in [9.17, 15) is 19.8 Å². The van der Waals surface area contributed by atoms with Crippen molar-refractivity contribution >= 4 is 57.6 Å². The summed E-state index contributed by atoms with van der Waals surface area (Å²) in [5, 5.41) is 32.8. The second kappa shape index (κ2) is 16.0. The number of fused-ring (bicyclic) bond motifs is 12. The van der Waals surface area contributed by atoms with E-state index in [-0.39, 0.29) is 65.5 Å². The molecule has 0 saturated carbocycles. The van der Waals surface area contributed by atoms with Gasteiger partial charge >= 0.3 is 0 Å². The minimum Gasteiger partial charge on any atom is -0.404 e. The van der Waals surface area contributed by atoms with Crippen molar-refractivity contribution in [3.05, 3.63) is 95.8 Å². The van der Waals surface area contributed by atoms with Crippen LogP contribution in [0.4, 0.5) is 34.6 Å². The Labute approximate surface area is 318 Å². The van der Waals surface area contributed by atoms with Gasteiger partial charge in [-0.3, -0.25) is 9.59 Å². The molecule has 4 atom stereocenters. The Morgan fingerprint density at radius 3 is 1.71 bits per heavy atom. The molecule has 4 aliphatic rings. The first kappa shape index (κ1) is 37.1. The third kappa shape index (κ3) is 8.00.